The van der Waals surface area contributed by atoms with Crippen LogP contribution in [0.25, 0.3) is 0 Å². The van der Waals surface area contributed by atoms with Crippen LogP contribution in [0.5, 0.6) is 0 Å². The number of nitriles is 1. The molecule has 1 aromatic carbocycles. The van der Waals surface area contributed by atoms with Crippen molar-refractivity contribution in [3.8, 4) is 6.07 Å². The van der Waals surface area contributed by atoms with E-state index < -0.39 is 10.5 Å². The standard InChI is InChI=1S/C13H15N3O3/c14-8-10-3-4-11(12(7-10)16(18)19)15-9-13(17)5-1-2-6-13/h3-4,7,15,17H,1-2,5-6,9H2. The van der Waals surface area contributed by atoms with Crippen LogP contribution < -0.4 is 5.32 Å². The molecule has 6 heteroatoms. The molecule has 0 atom stereocenters. The summed E-state index contributed by atoms with van der Waals surface area (Å²) in [6.07, 6.45) is 3.38. The van der Waals surface area contributed by atoms with Crippen molar-refractivity contribution in [2.24, 2.45) is 0 Å². The lowest BCUT2D eigenvalue weighted by Crippen LogP contribution is -2.33. The zero-order chi connectivity index (χ0) is 13.9. The first-order chi connectivity index (χ1) is 9.04. The minimum atomic E-state index is -0.776. The molecule has 0 unspecified atom stereocenters. The Morgan fingerprint density at radius 3 is 2.74 bits per heavy atom. The fourth-order valence-electron chi connectivity index (χ4n) is 2.37. The van der Waals surface area contributed by atoms with Crippen molar-refractivity contribution in [1.82, 2.24) is 0 Å². The monoisotopic (exact) mass is 261 g/mol. The van der Waals surface area contributed by atoms with Crippen LogP contribution in [0.2, 0.25) is 0 Å². The molecule has 0 aliphatic heterocycles. The quantitative estimate of drug-likeness (QED) is 0.639. The second kappa shape index (κ2) is 5.24. The van der Waals surface area contributed by atoms with Crippen molar-refractivity contribution in [3.05, 3.63) is 33.9 Å². The van der Waals surface area contributed by atoms with Gasteiger partial charge in [-0.1, -0.05) is 12.8 Å². The average molecular weight is 261 g/mol. The molecule has 1 aliphatic rings. The smallest absolute Gasteiger partial charge is 0.293 e. The average Bonchev–Trinajstić information content (AvgIpc) is 2.83. The molecule has 2 N–H and O–H groups in total. The molecule has 1 saturated carbocycles. The highest BCUT2D eigenvalue weighted by Crippen LogP contribution is 2.31. The SMILES string of the molecule is N#Cc1ccc(NCC2(O)CCCC2)c([N+](=O)[O-])c1. The Bertz CT molecular complexity index is 530. The van der Waals surface area contributed by atoms with Crippen molar-refractivity contribution in [3.63, 3.8) is 0 Å². The summed E-state index contributed by atoms with van der Waals surface area (Å²) < 4.78 is 0. The molecule has 0 aromatic heterocycles. The van der Waals surface area contributed by atoms with Crippen molar-refractivity contribution in [2.75, 3.05) is 11.9 Å². The van der Waals surface area contributed by atoms with Gasteiger partial charge >= 0.3 is 0 Å². The third kappa shape index (κ3) is 3.01. The number of hydrogen-bond acceptors (Lipinski definition) is 5. The number of nitrogens with zero attached hydrogens (tertiary/aromatic N) is 2. The first-order valence-corrected chi connectivity index (χ1v) is 6.19. The molecule has 0 radical (unpaired) electrons. The fourth-order valence-corrected chi connectivity index (χ4v) is 2.37. The number of hydrogen-bond donors (Lipinski definition) is 2. The maximum Gasteiger partial charge on any atom is 0.293 e. The summed E-state index contributed by atoms with van der Waals surface area (Å²) >= 11 is 0. The number of nitrogens with one attached hydrogen (secondary N) is 1. The van der Waals surface area contributed by atoms with E-state index in [0.717, 1.165) is 12.8 Å². The van der Waals surface area contributed by atoms with Crippen molar-refractivity contribution in [2.45, 2.75) is 31.3 Å². The van der Waals surface area contributed by atoms with Crippen LogP contribution in [0.4, 0.5) is 11.4 Å². The van der Waals surface area contributed by atoms with Gasteiger partial charge in [-0.3, -0.25) is 10.1 Å². The number of benzene rings is 1. The van der Waals surface area contributed by atoms with Gasteiger partial charge in [0.05, 0.1) is 22.2 Å². The number of rotatable bonds is 4. The Balaban J connectivity index is 2.16. The van der Waals surface area contributed by atoms with Crippen LogP contribution in [0.3, 0.4) is 0 Å². The summed E-state index contributed by atoms with van der Waals surface area (Å²) in [6, 6.07) is 6.14. The number of nitro benzene ring substituents is 1. The third-order valence-corrected chi connectivity index (χ3v) is 3.47. The highest BCUT2D eigenvalue weighted by Gasteiger charge is 2.31. The molecule has 100 valence electrons. The molecule has 0 saturated heterocycles. The maximum atomic E-state index is 11.0. The van der Waals surface area contributed by atoms with Crippen LogP contribution in [-0.2, 0) is 0 Å². The van der Waals surface area contributed by atoms with Crippen molar-refractivity contribution < 1.29 is 10.0 Å². The van der Waals surface area contributed by atoms with Crippen molar-refractivity contribution in [1.29, 1.82) is 5.26 Å². The van der Waals surface area contributed by atoms with Crippen LogP contribution in [0.1, 0.15) is 31.2 Å². The Kier molecular flexibility index (Phi) is 3.67. The maximum absolute atomic E-state index is 11.0. The molecular formula is C13H15N3O3. The first-order valence-electron chi connectivity index (χ1n) is 6.19. The predicted molar refractivity (Wildman–Crippen MR) is 69.7 cm³/mol. The van der Waals surface area contributed by atoms with Gasteiger partial charge < -0.3 is 10.4 Å². The van der Waals surface area contributed by atoms with E-state index in [-0.39, 0.29) is 11.3 Å². The highest BCUT2D eigenvalue weighted by molar-refractivity contribution is 5.64. The van der Waals surface area contributed by atoms with Crippen LogP contribution in [0, 0.1) is 21.4 Å². The van der Waals surface area contributed by atoms with E-state index in [2.05, 4.69) is 5.32 Å². The van der Waals surface area contributed by atoms with E-state index >= 15 is 0 Å². The van der Waals surface area contributed by atoms with Crippen LogP contribution >= 0.6 is 0 Å². The largest absolute Gasteiger partial charge is 0.388 e. The van der Waals surface area contributed by atoms with E-state index in [1.54, 1.807) is 0 Å². The third-order valence-electron chi connectivity index (χ3n) is 3.47. The number of aliphatic hydroxyl groups is 1. The number of anilines is 1. The second-order valence-corrected chi connectivity index (χ2v) is 4.89. The summed E-state index contributed by atoms with van der Waals surface area (Å²) in [6.45, 7) is 0.291. The molecule has 1 aliphatic carbocycles. The van der Waals surface area contributed by atoms with E-state index in [1.807, 2.05) is 6.07 Å². The highest BCUT2D eigenvalue weighted by atomic mass is 16.6. The van der Waals surface area contributed by atoms with Gasteiger partial charge in [0.15, 0.2) is 0 Å². The van der Waals surface area contributed by atoms with Gasteiger partial charge in [-0.15, -0.1) is 0 Å². The van der Waals surface area contributed by atoms with Gasteiger partial charge in [-0.25, -0.2) is 0 Å². The van der Waals surface area contributed by atoms with Gasteiger partial charge in [-0.2, -0.15) is 5.26 Å². The molecule has 6 nitrogen and oxygen atoms in total. The molecule has 0 heterocycles. The van der Waals surface area contributed by atoms with Crippen molar-refractivity contribution >= 4 is 11.4 Å². The molecule has 2 rings (SSSR count). The van der Waals surface area contributed by atoms with E-state index in [4.69, 9.17) is 5.26 Å². The molecular weight excluding hydrogens is 246 g/mol. The fraction of sp³-hybridized carbons (Fsp3) is 0.462. The Labute approximate surface area is 110 Å². The second-order valence-electron chi connectivity index (χ2n) is 4.89. The molecule has 19 heavy (non-hydrogen) atoms. The molecule has 1 fully saturated rings. The molecule has 0 amide bonds. The summed E-state index contributed by atoms with van der Waals surface area (Å²) in [5.41, 5.74) is -0.330. The summed E-state index contributed by atoms with van der Waals surface area (Å²) in [4.78, 5) is 10.4. The summed E-state index contributed by atoms with van der Waals surface area (Å²) in [5.74, 6) is 0. The number of nitro groups is 1. The lowest BCUT2D eigenvalue weighted by atomic mass is 10.0. The zero-order valence-corrected chi connectivity index (χ0v) is 10.4. The molecule has 1 aromatic rings. The topological polar surface area (TPSA) is 99.2 Å². The van der Waals surface area contributed by atoms with Gasteiger partial charge in [-0.05, 0) is 25.0 Å². The lowest BCUT2D eigenvalue weighted by molar-refractivity contribution is -0.384. The first kappa shape index (κ1) is 13.3. The lowest BCUT2D eigenvalue weighted by Gasteiger charge is -2.22. The zero-order valence-electron chi connectivity index (χ0n) is 10.4. The summed E-state index contributed by atoms with van der Waals surface area (Å²) in [7, 11) is 0. The van der Waals surface area contributed by atoms with E-state index in [1.165, 1.54) is 18.2 Å². The van der Waals surface area contributed by atoms with E-state index in [9.17, 15) is 15.2 Å². The predicted octanol–water partition coefficient (Wildman–Crippen LogP) is 2.18. The minimum Gasteiger partial charge on any atom is -0.388 e. The van der Waals surface area contributed by atoms with Gasteiger partial charge in [0, 0.05) is 12.6 Å². The van der Waals surface area contributed by atoms with Gasteiger partial charge in [0.1, 0.15) is 5.69 Å². The van der Waals surface area contributed by atoms with Crippen LogP contribution in [-0.4, -0.2) is 22.2 Å². The molecule has 0 spiro atoms. The Morgan fingerprint density at radius 1 is 1.47 bits per heavy atom. The van der Waals surface area contributed by atoms with E-state index in [0.29, 0.717) is 25.1 Å². The Hall–Kier alpha value is -2.13. The Morgan fingerprint density at radius 2 is 2.16 bits per heavy atom. The van der Waals surface area contributed by atoms with Gasteiger partial charge in [0.2, 0.25) is 0 Å². The summed E-state index contributed by atoms with van der Waals surface area (Å²) in [5, 5.41) is 32.8. The van der Waals surface area contributed by atoms with Gasteiger partial charge in [0.25, 0.3) is 5.69 Å². The minimum absolute atomic E-state index is 0.138. The molecule has 0 bridgehead atoms. The normalized spacial score (nSPS) is 16.8. The van der Waals surface area contributed by atoms with Crippen LogP contribution in [0.15, 0.2) is 18.2 Å².